The van der Waals surface area contributed by atoms with Gasteiger partial charge in [0.2, 0.25) is 21.8 Å². The molecule has 1 aliphatic heterocycles. The molecule has 1 aliphatic rings. The van der Waals surface area contributed by atoms with Crippen LogP contribution in [0.25, 0.3) is 0 Å². The van der Waals surface area contributed by atoms with Crippen molar-refractivity contribution < 1.29 is 22.8 Å². The zero-order valence-electron chi connectivity index (χ0n) is 17.2. The number of rotatable bonds is 6. The molecule has 0 spiro atoms. The molecule has 33 heavy (non-hydrogen) atoms. The molecule has 1 fully saturated rings. The van der Waals surface area contributed by atoms with Gasteiger partial charge in [-0.3, -0.25) is 14.4 Å². The van der Waals surface area contributed by atoms with Gasteiger partial charge >= 0.3 is 0 Å². The lowest BCUT2D eigenvalue weighted by Crippen LogP contribution is -2.31. The lowest BCUT2D eigenvalue weighted by molar-refractivity contribution is -0.121. The van der Waals surface area contributed by atoms with Crippen LogP contribution in [0, 0.1) is 0 Å². The number of hydrogen-bond acceptors (Lipinski definition) is 6. The first-order valence-corrected chi connectivity index (χ1v) is 12.3. The third-order valence-electron chi connectivity index (χ3n) is 4.96. The Morgan fingerprint density at radius 3 is 2.24 bits per heavy atom. The van der Waals surface area contributed by atoms with Crippen LogP contribution >= 0.6 is 11.8 Å². The first-order chi connectivity index (χ1) is 15.7. The number of primary sulfonamides is 1. The maximum absolute atomic E-state index is 12.9. The third-order valence-corrected chi connectivity index (χ3v) is 7.15. The summed E-state index contributed by atoms with van der Waals surface area (Å²) in [6.07, 6.45) is 0.0311. The number of para-hydroxylation sites is 1. The normalized spacial score (nSPS) is 16.2. The second kappa shape index (κ2) is 9.18. The van der Waals surface area contributed by atoms with E-state index in [1.165, 1.54) is 29.2 Å². The minimum absolute atomic E-state index is 0.0311. The van der Waals surface area contributed by atoms with Crippen LogP contribution in [-0.2, 0) is 19.6 Å². The Balaban J connectivity index is 1.51. The summed E-state index contributed by atoms with van der Waals surface area (Å²) in [5.74, 6) is -1.05. The van der Waals surface area contributed by atoms with Gasteiger partial charge in [0, 0.05) is 17.0 Å². The zero-order valence-corrected chi connectivity index (χ0v) is 18.8. The van der Waals surface area contributed by atoms with Gasteiger partial charge in [0.25, 0.3) is 5.91 Å². The minimum atomic E-state index is -3.83. The number of carbonyl (C=O) groups is 3. The topological polar surface area (TPSA) is 127 Å². The molecular weight excluding hydrogens is 462 g/mol. The highest BCUT2D eigenvalue weighted by Gasteiger charge is 2.40. The zero-order chi connectivity index (χ0) is 23.6. The van der Waals surface area contributed by atoms with Crippen molar-refractivity contribution in [3.8, 4) is 0 Å². The molecule has 1 unspecified atom stereocenters. The highest BCUT2D eigenvalue weighted by molar-refractivity contribution is 8.00. The molecule has 0 radical (unpaired) electrons. The number of nitrogens with two attached hydrogens (primary N) is 1. The van der Waals surface area contributed by atoms with E-state index in [0.717, 1.165) is 11.8 Å². The van der Waals surface area contributed by atoms with E-state index in [-0.39, 0.29) is 23.1 Å². The van der Waals surface area contributed by atoms with Crippen LogP contribution < -0.4 is 15.4 Å². The van der Waals surface area contributed by atoms with Crippen molar-refractivity contribution in [1.82, 2.24) is 0 Å². The van der Waals surface area contributed by atoms with Crippen molar-refractivity contribution in [3.63, 3.8) is 0 Å². The molecule has 0 saturated carbocycles. The molecule has 0 aromatic heterocycles. The summed E-state index contributed by atoms with van der Waals surface area (Å²) in [5, 5.41) is 7.15. The quantitative estimate of drug-likeness (QED) is 0.521. The van der Waals surface area contributed by atoms with E-state index in [0.29, 0.717) is 21.8 Å². The maximum Gasteiger partial charge on any atom is 0.256 e. The molecule has 3 N–H and O–H groups in total. The molecule has 4 rings (SSSR count). The standard InChI is InChI=1S/C23H19N3O5S2/c24-33(30,31)17-12-10-15(11-13-17)25-22(28)18-8-4-5-9-19(18)32-20-14-21(27)26(23(20)29)16-6-2-1-3-7-16/h1-13,20H,14H2,(H,25,28)(H2,24,30,31). The van der Waals surface area contributed by atoms with Crippen LogP contribution in [0.3, 0.4) is 0 Å². The predicted octanol–water partition coefficient (Wildman–Crippen LogP) is 3.01. The van der Waals surface area contributed by atoms with E-state index in [1.807, 2.05) is 0 Å². The third kappa shape index (κ3) is 4.98. The van der Waals surface area contributed by atoms with E-state index >= 15 is 0 Å². The molecule has 1 saturated heterocycles. The maximum atomic E-state index is 12.9. The molecule has 3 aromatic rings. The monoisotopic (exact) mass is 481 g/mol. The molecule has 3 aromatic carbocycles. The number of nitrogens with one attached hydrogen (secondary N) is 1. The number of imide groups is 1. The Hall–Kier alpha value is -3.47. The van der Waals surface area contributed by atoms with Crippen molar-refractivity contribution >= 4 is 50.9 Å². The van der Waals surface area contributed by atoms with Crippen molar-refractivity contribution in [3.05, 3.63) is 84.4 Å². The first kappa shape index (κ1) is 22.7. The van der Waals surface area contributed by atoms with Crippen molar-refractivity contribution in [2.45, 2.75) is 21.5 Å². The van der Waals surface area contributed by atoms with Gasteiger partial charge in [0.15, 0.2) is 0 Å². The van der Waals surface area contributed by atoms with Crippen molar-refractivity contribution in [2.24, 2.45) is 5.14 Å². The van der Waals surface area contributed by atoms with Gasteiger partial charge in [0.1, 0.15) is 0 Å². The molecule has 0 bridgehead atoms. The number of carbonyl (C=O) groups excluding carboxylic acids is 3. The Kier molecular flexibility index (Phi) is 6.32. The van der Waals surface area contributed by atoms with Gasteiger partial charge < -0.3 is 5.32 Å². The van der Waals surface area contributed by atoms with Gasteiger partial charge in [-0.2, -0.15) is 0 Å². The lowest BCUT2D eigenvalue weighted by atomic mass is 10.2. The van der Waals surface area contributed by atoms with E-state index < -0.39 is 21.2 Å². The summed E-state index contributed by atoms with van der Waals surface area (Å²) in [5.41, 5.74) is 1.23. The number of amides is 3. The SMILES string of the molecule is NS(=O)(=O)c1ccc(NC(=O)c2ccccc2SC2CC(=O)N(c3ccccc3)C2=O)cc1. The highest BCUT2D eigenvalue weighted by Crippen LogP contribution is 2.35. The number of hydrogen-bond donors (Lipinski definition) is 2. The smallest absolute Gasteiger partial charge is 0.256 e. The summed E-state index contributed by atoms with van der Waals surface area (Å²) >= 11 is 1.16. The molecule has 168 valence electrons. The average molecular weight is 482 g/mol. The number of sulfonamides is 1. The van der Waals surface area contributed by atoms with E-state index in [4.69, 9.17) is 5.14 Å². The molecule has 0 aliphatic carbocycles. The van der Waals surface area contributed by atoms with Crippen molar-refractivity contribution in [1.29, 1.82) is 0 Å². The minimum Gasteiger partial charge on any atom is -0.322 e. The Morgan fingerprint density at radius 2 is 1.58 bits per heavy atom. The molecular formula is C23H19N3O5S2. The summed E-state index contributed by atoms with van der Waals surface area (Å²) < 4.78 is 22.8. The van der Waals surface area contributed by atoms with Gasteiger partial charge in [0.05, 0.1) is 21.4 Å². The fraction of sp³-hybridized carbons (Fsp3) is 0.0870. The van der Waals surface area contributed by atoms with Gasteiger partial charge in [-0.1, -0.05) is 30.3 Å². The Labute approximate surface area is 194 Å². The van der Waals surface area contributed by atoms with Crippen LogP contribution in [0.4, 0.5) is 11.4 Å². The second-order valence-corrected chi connectivity index (χ2v) is 10.0. The van der Waals surface area contributed by atoms with E-state index in [1.54, 1.807) is 54.6 Å². The van der Waals surface area contributed by atoms with Gasteiger partial charge in [-0.25, -0.2) is 18.5 Å². The fourth-order valence-corrected chi connectivity index (χ4v) is 5.08. The molecule has 10 heteroatoms. The summed E-state index contributed by atoms with van der Waals surface area (Å²) in [7, 11) is -3.83. The van der Waals surface area contributed by atoms with Crippen LogP contribution in [0.2, 0.25) is 0 Å². The lowest BCUT2D eigenvalue weighted by Gasteiger charge is -2.15. The van der Waals surface area contributed by atoms with Gasteiger partial charge in [-0.05, 0) is 48.5 Å². The molecule has 1 heterocycles. The van der Waals surface area contributed by atoms with Crippen LogP contribution in [0.15, 0.2) is 88.7 Å². The summed E-state index contributed by atoms with van der Waals surface area (Å²) in [6, 6.07) is 21.0. The van der Waals surface area contributed by atoms with Crippen LogP contribution in [0.5, 0.6) is 0 Å². The highest BCUT2D eigenvalue weighted by atomic mass is 32.2. The fourth-order valence-electron chi connectivity index (χ4n) is 3.38. The second-order valence-electron chi connectivity index (χ2n) is 7.23. The Morgan fingerprint density at radius 1 is 0.939 bits per heavy atom. The van der Waals surface area contributed by atoms with Crippen LogP contribution in [0.1, 0.15) is 16.8 Å². The molecule has 1 atom stereocenters. The summed E-state index contributed by atoms with van der Waals surface area (Å²) in [4.78, 5) is 40.0. The van der Waals surface area contributed by atoms with E-state index in [9.17, 15) is 22.8 Å². The Bertz CT molecular complexity index is 1330. The molecule has 8 nitrogen and oxygen atoms in total. The number of benzene rings is 3. The number of anilines is 2. The predicted molar refractivity (Wildman–Crippen MR) is 125 cm³/mol. The average Bonchev–Trinajstić information content (AvgIpc) is 3.07. The van der Waals surface area contributed by atoms with E-state index in [2.05, 4.69) is 5.32 Å². The first-order valence-electron chi connectivity index (χ1n) is 9.86. The van der Waals surface area contributed by atoms with Gasteiger partial charge in [-0.15, -0.1) is 11.8 Å². The number of thioether (sulfide) groups is 1. The van der Waals surface area contributed by atoms with Crippen LogP contribution in [-0.4, -0.2) is 31.4 Å². The van der Waals surface area contributed by atoms with Crippen molar-refractivity contribution in [2.75, 3.05) is 10.2 Å². The molecule has 3 amide bonds. The summed E-state index contributed by atoms with van der Waals surface area (Å²) in [6.45, 7) is 0. The number of nitrogens with zero attached hydrogens (tertiary/aromatic N) is 1. The largest absolute Gasteiger partial charge is 0.322 e.